The molecule has 31 heavy (non-hydrogen) atoms. The van der Waals surface area contributed by atoms with E-state index in [0.29, 0.717) is 12.6 Å². The average Bonchev–Trinajstić information content (AvgIpc) is 3.30. The molecule has 0 aromatic heterocycles. The van der Waals surface area contributed by atoms with E-state index in [1.807, 2.05) is 4.90 Å². The fraction of sp³-hybridized carbons (Fsp3) is 0.667. The lowest BCUT2D eigenvalue weighted by Gasteiger charge is -2.51. The number of carbonyl (C=O) groups is 2. The molecule has 2 N–H and O–H groups in total. The smallest absolute Gasteiger partial charge is 0.241 e. The van der Waals surface area contributed by atoms with E-state index in [0.717, 1.165) is 57.4 Å². The summed E-state index contributed by atoms with van der Waals surface area (Å²) in [5.74, 6) is 0.312. The number of anilines is 1. The standard InChI is InChI=1S/C24H37N5O2/c1-4-27(5-2)19-10-7-17(8-11-19)16-25-23(30)18-9-12-20-22(15-18)28(6-3)24(31)21-13-14-26-29(20)21/h7-8,10-11,18,20-22,26H,4-6,9,12-16H2,1-3H3,(H,25,30). The Balaban J connectivity index is 1.35. The molecule has 3 aliphatic rings. The largest absolute Gasteiger partial charge is 0.372 e. The second-order valence-corrected chi connectivity index (χ2v) is 8.95. The summed E-state index contributed by atoms with van der Waals surface area (Å²) in [4.78, 5) is 30.2. The number of likely N-dealkylation sites (N-methyl/N-ethyl adjacent to an activating group) is 1. The molecule has 2 heterocycles. The molecule has 170 valence electrons. The van der Waals surface area contributed by atoms with E-state index < -0.39 is 0 Å². The highest BCUT2D eigenvalue weighted by Crippen LogP contribution is 2.37. The zero-order valence-corrected chi connectivity index (χ0v) is 19.1. The van der Waals surface area contributed by atoms with Crippen LogP contribution in [-0.4, -0.2) is 66.0 Å². The van der Waals surface area contributed by atoms with Crippen LogP contribution in [0.15, 0.2) is 24.3 Å². The van der Waals surface area contributed by atoms with E-state index in [2.05, 4.69) is 65.7 Å². The Labute approximate surface area is 186 Å². The quantitative estimate of drug-likeness (QED) is 0.698. The SMILES string of the molecule is CCN(CC)c1ccc(CNC(=O)C2CCC3C(C2)N(CC)C(=O)C2CCNN23)cc1. The van der Waals surface area contributed by atoms with Gasteiger partial charge in [-0.3, -0.25) is 15.0 Å². The number of hydrogen-bond acceptors (Lipinski definition) is 5. The maximum atomic E-state index is 13.0. The van der Waals surface area contributed by atoms with Crippen LogP contribution in [-0.2, 0) is 16.1 Å². The number of carbonyl (C=O) groups excluding carboxylic acids is 2. The minimum absolute atomic E-state index is 0.0223. The van der Waals surface area contributed by atoms with Crippen molar-refractivity contribution in [1.29, 1.82) is 0 Å². The molecule has 4 atom stereocenters. The molecule has 1 aliphatic carbocycles. The molecule has 1 aromatic rings. The number of nitrogens with one attached hydrogen (secondary N) is 2. The van der Waals surface area contributed by atoms with Gasteiger partial charge in [0.15, 0.2) is 0 Å². The van der Waals surface area contributed by atoms with Gasteiger partial charge in [-0.15, -0.1) is 0 Å². The van der Waals surface area contributed by atoms with Crippen molar-refractivity contribution in [2.24, 2.45) is 5.92 Å². The first kappa shape index (κ1) is 22.1. The van der Waals surface area contributed by atoms with Gasteiger partial charge < -0.3 is 15.1 Å². The number of piperazine rings is 1. The van der Waals surface area contributed by atoms with Crippen LogP contribution in [0.3, 0.4) is 0 Å². The van der Waals surface area contributed by atoms with Gasteiger partial charge in [0.2, 0.25) is 11.8 Å². The molecule has 3 fully saturated rings. The van der Waals surface area contributed by atoms with E-state index in [1.165, 1.54) is 5.69 Å². The van der Waals surface area contributed by atoms with Crippen molar-refractivity contribution in [3.05, 3.63) is 29.8 Å². The first-order chi connectivity index (χ1) is 15.1. The number of fused-ring (bicyclic) bond motifs is 3. The lowest BCUT2D eigenvalue weighted by molar-refractivity contribution is -0.155. The third-order valence-electron chi connectivity index (χ3n) is 7.40. The fourth-order valence-corrected chi connectivity index (χ4v) is 5.69. The number of amides is 2. The second-order valence-electron chi connectivity index (χ2n) is 8.95. The van der Waals surface area contributed by atoms with Crippen LogP contribution in [0.4, 0.5) is 5.69 Å². The summed E-state index contributed by atoms with van der Waals surface area (Å²) in [7, 11) is 0. The minimum Gasteiger partial charge on any atom is -0.372 e. The highest BCUT2D eigenvalue weighted by atomic mass is 16.2. The lowest BCUT2D eigenvalue weighted by Crippen LogP contribution is -2.68. The molecule has 2 aliphatic heterocycles. The molecule has 2 amide bonds. The van der Waals surface area contributed by atoms with Gasteiger partial charge in [-0.05, 0) is 64.2 Å². The Morgan fingerprint density at radius 3 is 2.52 bits per heavy atom. The predicted octanol–water partition coefficient (Wildman–Crippen LogP) is 2.13. The van der Waals surface area contributed by atoms with Gasteiger partial charge in [0.1, 0.15) is 6.04 Å². The van der Waals surface area contributed by atoms with Gasteiger partial charge in [0.05, 0.1) is 0 Å². The molecule has 0 bridgehead atoms. The van der Waals surface area contributed by atoms with Crippen molar-refractivity contribution in [1.82, 2.24) is 20.7 Å². The number of hydrazine groups is 1. The Hall–Kier alpha value is -2.12. The first-order valence-electron chi connectivity index (χ1n) is 12.0. The maximum absolute atomic E-state index is 13.0. The second kappa shape index (κ2) is 9.57. The zero-order valence-electron chi connectivity index (χ0n) is 19.1. The molecule has 4 rings (SSSR count). The Morgan fingerprint density at radius 2 is 1.84 bits per heavy atom. The van der Waals surface area contributed by atoms with E-state index >= 15 is 0 Å². The summed E-state index contributed by atoms with van der Waals surface area (Å²) in [6, 6.07) is 8.88. The van der Waals surface area contributed by atoms with Gasteiger partial charge in [-0.25, -0.2) is 5.01 Å². The monoisotopic (exact) mass is 427 g/mol. The molecular weight excluding hydrogens is 390 g/mol. The van der Waals surface area contributed by atoms with Crippen LogP contribution in [0.5, 0.6) is 0 Å². The number of nitrogens with zero attached hydrogens (tertiary/aromatic N) is 3. The Kier molecular flexibility index (Phi) is 6.82. The first-order valence-corrected chi connectivity index (χ1v) is 12.0. The van der Waals surface area contributed by atoms with Crippen LogP contribution in [0, 0.1) is 5.92 Å². The fourth-order valence-electron chi connectivity index (χ4n) is 5.69. The summed E-state index contributed by atoms with van der Waals surface area (Å²) in [6.07, 6.45) is 3.47. The van der Waals surface area contributed by atoms with Gasteiger partial charge in [-0.2, -0.15) is 0 Å². The van der Waals surface area contributed by atoms with Crippen LogP contribution in [0.1, 0.15) is 52.0 Å². The predicted molar refractivity (Wildman–Crippen MR) is 122 cm³/mol. The van der Waals surface area contributed by atoms with Crippen molar-refractivity contribution >= 4 is 17.5 Å². The van der Waals surface area contributed by atoms with Crippen molar-refractivity contribution < 1.29 is 9.59 Å². The van der Waals surface area contributed by atoms with E-state index in [9.17, 15) is 9.59 Å². The summed E-state index contributed by atoms with van der Waals surface area (Å²) in [5.41, 5.74) is 5.76. The van der Waals surface area contributed by atoms with Gasteiger partial charge in [0.25, 0.3) is 0 Å². The number of rotatable bonds is 7. The Bertz CT molecular complexity index is 779. The molecule has 1 saturated carbocycles. The van der Waals surface area contributed by atoms with Gasteiger partial charge in [-0.1, -0.05) is 12.1 Å². The zero-order chi connectivity index (χ0) is 22.0. The lowest BCUT2D eigenvalue weighted by atomic mass is 9.78. The summed E-state index contributed by atoms with van der Waals surface area (Å²) in [6.45, 7) is 10.5. The van der Waals surface area contributed by atoms with Crippen molar-refractivity contribution in [2.75, 3.05) is 31.1 Å². The van der Waals surface area contributed by atoms with E-state index in [4.69, 9.17) is 0 Å². The van der Waals surface area contributed by atoms with E-state index in [1.54, 1.807) is 0 Å². The van der Waals surface area contributed by atoms with E-state index in [-0.39, 0.29) is 29.8 Å². The molecule has 0 spiro atoms. The molecule has 4 unspecified atom stereocenters. The number of hydrogen-bond donors (Lipinski definition) is 2. The molecule has 1 aromatic carbocycles. The van der Waals surface area contributed by atoms with Crippen molar-refractivity contribution in [3.8, 4) is 0 Å². The van der Waals surface area contributed by atoms with Crippen LogP contribution in [0.25, 0.3) is 0 Å². The Morgan fingerprint density at radius 1 is 1.10 bits per heavy atom. The van der Waals surface area contributed by atoms with Gasteiger partial charge in [0, 0.05) is 56.4 Å². The molecule has 7 nitrogen and oxygen atoms in total. The molecule has 7 heteroatoms. The molecular formula is C24H37N5O2. The maximum Gasteiger partial charge on any atom is 0.241 e. The molecule has 2 saturated heterocycles. The highest BCUT2D eigenvalue weighted by molar-refractivity contribution is 5.84. The average molecular weight is 428 g/mol. The summed E-state index contributed by atoms with van der Waals surface area (Å²) < 4.78 is 0. The topological polar surface area (TPSA) is 67.9 Å². The van der Waals surface area contributed by atoms with Crippen LogP contribution < -0.4 is 15.6 Å². The molecule has 0 radical (unpaired) electrons. The summed E-state index contributed by atoms with van der Waals surface area (Å²) in [5, 5.41) is 5.35. The van der Waals surface area contributed by atoms with Crippen LogP contribution >= 0.6 is 0 Å². The number of benzene rings is 1. The minimum atomic E-state index is -0.0304. The third kappa shape index (κ3) is 4.30. The third-order valence-corrected chi connectivity index (χ3v) is 7.40. The summed E-state index contributed by atoms with van der Waals surface area (Å²) >= 11 is 0. The van der Waals surface area contributed by atoms with Crippen molar-refractivity contribution in [2.45, 2.75) is 71.1 Å². The van der Waals surface area contributed by atoms with Crippen LogP contribution in [0.2, 0.25) is 0 Å². The normalized spacial score (nSPS) is 28.2. The highest BCUT2D eigenvalue weighted by Gasteiger charge is 2.50. The van der Waals surface area contributed by atoms with Crippen molar-refractivity contribution in [3.63, 3.8) is 0 Å². The van der Waals surface area contributed by atoms with Gasteiger partial charge >= 0.3 is 0 Å².